The van der Waals surface area contributed by atoms with Gasteiger partial charge in [-0.3, -0.25) is 0 Å². The normalized spacial score (nSPS) is 13.6. The number of hydrogen-bond donors (Lipinski definition) is 1. The Morgan fingerprint density at radius 3 is 2.10 bits per heavy atom. The van der Waals surface area contributed by atoms with Gasteiger partial charge >= 0.3 is 6.18 Å². The summed E-state index contributed by atoms with van der Waals surface area (Å²) in [5, 5.41) is 3.17. The molecule has 0 heterocycles. The van der Waals surface area contributed by atoms with Gasteiger partial charge in [0.15, 0.2) is 0 Å². The summed E-state index contributed by atoms with van der Waals surface area (Å²) < 4.78 is 37.1. The minimum atomic E-state index is -4.08. The molecule has 0 radical (unpaired) electrons. The van der Waals surface area contributed by atoms with Crippen LogP contribution in [0.15, 0.2) is 12.1 Å². The second-order valence-corrected chi connectivity index (χ2v) is 5.49. The van der Waals surface area contributed by atoms with Crippen LogP contribution in [-0.2, 0) is 6.42 Å². The zero-order valence-corrected chi connectivity index (χ0v) is 12.7. The van der Waals surface area contributed by atoms with Crippen molar-refractivity contribution in [1.29, 1.82) is 0 Å². The van der Waals surface area contributed by atoms with Gasteiger partial charge in [-0.1, -0.05) is 24.6 Å². The Bertz CT molecular complexity index is 415. The van der Waals surface area contributed by atoms with Gasteiger partial charge in [-0.2, -0.15) is 13.2 Å². The van der Waals surface area contributed by atoms with Gasteiger partial charge in [-0.05, 0) is 56.8 Å². The van der Waals surface area contributed by atoms with Crippen LogP contribution < -0.4 is 5.32 Å². The Morgan fingerprint density at radius 1 is 1.10 bits per heavy atom. The highest BCUT2D eigenvalue weighted by molar-refractivity contribution is 5.38. The van der Waals surface area contributed by atoms with Crippen molar-refractivity contribution in [2.75, 3.05) is 6.54 Å². The predicted octanol–water partition coefficient (Wildman–Crippen LogP) is 4.47. The smallest absolute Gasteiger partial charge is 0.314 e. The molecule has 0 saturated heterocycles. The summed E-state index contributed by atoms with van der Waals surface area (Å²) in [4.78, 5) is 0. The quantitative estimate of drug-likeness (QED) is 0.813. The van der Waals surface area contributed by atoms with Crippen molar-refractivity contribution in [2.45, 2.75) is 59.2 Å². The van der Waals surface area contributed by atoms with Crippen molar-refractivity contribution in [3.63, 3.8) is 0 Å². The molecule has 0 fully saturated rings. The fourth-order valence-electron chi connectivity index (χ4n) is 2.68. The van der Waals surface area contributed by atoms with E-state index < -0.39 is 12.6 Å². The van der Waals surface area contributed by atoms with Crippen LogP contribution in [0.2, 0.25) is 0 Å². The second-order valence-electron chi connectivity index (χ2n) is 5.49. The van der Waals surface area contributed by atoms with Gasteiger partial charge in [-0.25, -0.2) is 0 Å². The monoisotopic (exact) mass is 287 g/mol. The van der Waals surface area contributed by atoms with Crippen LogP contribution in [0.5, 0.6) is 0 Å². The van der Waals surface area contributed by atoms with Crippen LogP contribution in [0.3, 0.4) is 0 Å². The molecular formula is C16H24F3N. The summed E-state index contributed by atoms with van der Waals surface area (Å²) in [5.74, 6) is 0. The first-order chi connectivity index (χ1) is 9.23. The van der Waals surface area contributed by atoms with Crippen LogP contribution in [0.4, 0.5) is 13.2 Å². The number of halogens is 3. The molecule has 1 N–H and O–H groups in total. The van der Waals surface area contributed by atoms with Gasteiger partial charge in [0.25, 0.3) is 0 Å². The molecule has 0 spiro atoms. The van der Waals surface area contributed by atoms with Gasteiger partial charge in [0.2, 0.25) is 0 Å². The fourth-order valence-corrected chi connectivity index (χ4v) is 2.68. The van der Waals surface area contributed by atoms with Crippen LogP contribution in [-0.4, -0.2) is 18.8 Å². The van der Waals surface area contributed by atoms with Crippen molar-refractivity contribution < 1.29 is 13.2 Å². The Labute approximate surface area is 119 Å². The van der Waals surface area contributed by atoms with Crippen LogP contribution >= 0.6 is 0 Å². The predicted molar refractivity (Wildman–Crippen MR) is 77.1 cm³/mol. The molecule has 0 bridgehead atoms. The molecule has 1 aromatic carbocycles. The maximum absolute atomic E-state index is 12.4. The first kappa shape index (κ1) is 17.0. The van der Waals surface area contributed by atoms with Crippen molar-refractivity contribution >= 4 is 0 Å². The highest BCUT2D eigenvalue weighted by atomic mass is 19.4. The molecule has 4 heteroatoms. The third-order valence-electron chi connectivity index (χ3n) is 3.56. The number of rotatable bonds is 6. The van der Waals surface area contributed by atoms with Gasteiger partial charge in [0, 0.05) is 12.5 Å². The summed E-state index contributed by atoms with van der Waals surface area (Å²) in [5.41, 5.74) is 4.69. The molecule has 0 aromatic heterocycles. The molecule has 1 atom stereocenters. The standard InChI is InChI=1S/C16H24F3N/c1-5-20-14(6-7-16(17,18)19)10-15-12(3)8-11(2)9-13(15)4/h8-9,14,20H,5-7,10H2,1-4H3. The van der Waals surface area contributed by atoms with Gasteiger partial charge < -0.3 is 5.32 Å². The first-order valence-corrected chi connectivity index (χ1v) is 7.09. The maximum Gasteiger partial charge on any atom is 0.389 e. The van der Waals surface area contributed by atoms with E-state index in [0.29, 0.717) is 13.0 Å². The van der Waals surface area contributed by atoms with E-state index in [-0.39, 0.29) is 12.5 Å². The summed E-state index contributed by atoms with van der Waals surface area (Å²) in [7, 11) is 0. The fraction of sp³-hybridized carbons (Fsp3) is 0.625. The highest BCUT2D eigenvalue weighted by Crippen LogP contribution is 2.25. The largest absolute Gasteiger partial charge is 0.389 e. The number of nitrogens with one attached hydrogen (secondary N) is 1. The van der Waals surface area contributed by atoms with E-state index in [1.165, 1.54) is 11.1 Å². The lowest BCUT2D eigenvalue weighted by molar-refractivity contribution is -0.136. The third kappa shape index (κ3) is 5.53. The number of likely N-dealkylation sites (N-methyl/N-ethyl adjacent to an activating group) is 1. The summed E-state index contributed by atoms with van der Waals surface area (Å²) in [6.45, 7) is 8.71. The van der Waals surface area contributed by atoms with Crippen LogP contribution in [0, 0.1) is 20.8 Å². The molecule has 114 valence electrons. The maximum atomic E-state index is 12.4. The minimum absolute atomic E-state index is 0.123. The Hall–Kier alpha value is -1.03. The van der Waals surface area contributed by atoms with Gasteiger partial charge in [0.05, 0.1) is 0 Å². The first-order valence-electron chi connectivity index (χ1n) is 7.09. The zero-order chi connectivity index (χ0) is 15.3. The molecule has 0 saturated carbocycles. The second kappa shape index (κ2) is 7.11. The van der Waals surface area contributed by atoms with Gasteiger partial charge in [0.1, 0.15) is 0 Å². The Balaban J connectivity index is 2.80. The minimum Gasteiger partial charge on any atom is -0.314 e. The van der Waals surface area contributed by atoms with Gasteiger partial charge in [-0.15, -0.1) is 0 Å². The number of alkyl halides is 3. The molecule has 20 heavy (non-hydrogen) atoms. The molecule has 0 aliphatic heterocycles. The van der Waals surface area contributed by atoms with E-state index in [2.05, 4.69) is 17.4 Å². The average molecular weight is 287 g/mol. The highest BCUT2D eigenvalue weighted by Gasteiger charge is 2.28. The lowest BCUT2D eigenvalue weighted by atomic mass is 9.93. The van der Waals surface area contributed by atoms with Crippen molar-refractivity contribution in [1.82, 2.24) is 5.32 Å². The zero-order valence-electron chi connectivity index (χ0n) is 12.7. The summed E-state index contributed by atoms with van der Waals surface area (Å²) in [6.07, 6.45) is -4.02. The van der Waals surface area contributed by atoms with E-state index in [1.807, 2.05) is 27.7 Å². The lowest BCUT2D eigenvalue weighted by Gasteiger charge is -2.21. The van der Waals surface area contributed by atoms with Crippen LogP contribution in [0.25, 0.3) is 0 Å². The van der Waals surface area contributed by atoms with Crippen molar-refractivity contribution in [3.8, 4) is 0 Å². The average Bonchev–Trinajstić information content (AvgIpc) is 2.29. The van der Waals surface area contributed by atoms with E-state index in [1.54, 1.807) is 0 Å². The Morgan fingerprint density at radius 2 is 1.65 bits per heavy atom. The lowest BCUT2D eigenvalue weighted by Crippen LogP contribution is -2.32. The van der Waals surface area contributed by atoms with E-state index in [0.717, 1.165) is 11.1 Å². The Kier molecular flexibility index (Phi) is 6.06. The molecule has 0 aliphatic carbocycles. The summed E-state index contributed by atoms with van der Waals surface area (Å²) in [6, 6.07) is 4.06. The van der Waals surface area contributed by atoms with Crippen molar-refractivity contribution in [2.24, 2.45) is 0 Å². The molecule has 0 amide bonds. The molecule has 0 aliphatic rings. The van der Waals surface area contributed by atoms with E-state index >= 15 is 0 Å². The number of hydrogen-bond acceptors (Lipinski definition) is 1. The topological polar surface area (TPSA) is 12.0 Å². The SMILES string of the molecule is CCNC(CCC(F)(F)F)Cc1c(C)cc(C)cc1C. The van der Waals surface area contributed by atoms with Crippen molar-refractivity contribution in [3.05, 3.63) is 34.4 Å². The molecule has 1 rings (SSSR count). The van der Waals surface area contributed by atoms with Crippen LogP contribution in [0.1, 0.15) is 42.0 Å². The number of aryl methyl sites for hydroxylation is 3. The molecule has 1 unspecified atom stereocenters. The molecular weight excluding hydrogens is 263 g/mol. The molecule has 1 aromatic rings. The summed E-state index contributed by atoms with van der Waals surface area (Å²) >= 11 is 0. The van der Waals surface area contributed by atoms with E-state index in [4.69, 9.17) is 0 Å². The number of benzene rings is 1. The van der Waals surface area contributed by atoms with E-state index in [9.17, 15) is 13.2 Å². The third-order valence-corrected chi connectivity index (χ3v) is 3.56. The molecule has 1 nitrogen and oxygen atoms in total.